The maximum absolute atomic E-state index is 11.9. The van der Waals surface area contributed by atoms with Gasteiger partial charge in [0.2, 0.25) is 5.91 Å². The third-order valence-electron chi connectivity index (χ3n) is 4.09. The van der Waals surface area contributed by atoms with Crippen LogP contribution in [0.5, 0.6) is 0 Å². The van der Waals surface area contributed by atoms with E-state index >= 15 is 0 Å². The second kappa shape index (κ2) is 7.74. The lowest BCUT2D eigenvalue weighted by Crippen LogP contribution is -2.35. The topological polar surface area (TPSA) is 49.6 Å². The van der Waals surface area contributed by atoms with Gasteiger partial charge in [-0.15, -0.1) is 0 Å². The zero-order chi connectivity index (χ0) is 13.5. The quantitative estimate of drug-likeness (QED) is 0.711. The summed E-state index contributed by atoms with van der Waals surface area (Å²) in [5.41, 5.74) is 5.65. The van der Waals surface area contributed by atoms with E-state index in [0.29, 0.717) is 30.8 Å². The van der Waals surface area contributed by atoms with E-state index in [-0.39, 0.29) is 0 Å². The lowest BCUT2D eigenvalue weighted by molar-refractivity contribution is -0.129. The van der Waals surface area contributed by atoms with Crippen molar-refractivity contribution in [1.82, 2.24) is 9.80 Å². The third-order valence-corrected chi connectivity index (χ3v) is 4.09. The Balaban J connectivity index is 2.28. The van der Waals surface area contributed by atoms with Crippen molar-refractivity contribution in [3.05, 3.63) is 0 Å². The first-order valence-electron chi connectivity index (χ1n) is 7.34. The van der Waals surface area contributed by atoms with Gasteiger partial charge in [0.15, 0.2) is 0 Å². The molecule has 2 N–H and O–H groups in total. The van der Waals surface area contributed by atoms with Gasteiger partial charge in [-0.1, -0.05) is 13.8 Å². The van der Waals surface area contributed by atoms with Crippen LogP contribution in [0.3, 0.4) is 0 Å². The van der Waals surface area contributed by atoms with Gasteiger partial charge in [0.05, 0.1) is 0 Å². The zero-order valence-electron chi connectivity index (χ0n) is 12.2. The van der Waals surface area contributed by atoms with Crippen molar-refractivity contribution < 1.29 is 4.79 Å². The minimum absolute atomic E-state index is 0.292. The monoisotopic (exact) mass is 255 g/mol. The van der Waals surface area contributed by atoms with Crippen molar-refractivity contribution in [3.63, 3.8) is 0 Å². The molecule has 0 radical (unpaired) electrons. The van der Waals surface area contributed by atoms with Crippen molar-refractivity contribution in [2.45, 2.75) is 46.1 Å². The van der Waals surface area contributed by atoms with Crippen LogP contribution in [0, 0.1) is 5.92 Å². The number of amides is 1. The Kier molecular flexibility index (Phi) is 6.65. The number of hydrogen-bond acceptors (Lipinski definition) is 3. The largest absolute Gasteiger partial charge is 0.340 e. The first kappa shape index (κ1) is 15.4. The van der Waals surface area contributed by atoms with Gasteiger partial charge in [0.1, 0.15) is 0 Å². The SMILES string of the molecule is CCN(CC)CCCC(C)N1CC(CN)CC1=O. The average Bonchev–Trinajstić information content (AvgIpc) is 2.76. The van der Waals surface area contributed by atoms with E-state index in [1.54, 1.807) is 0 Å². The normalized spacial score (nSPS) is 21.9. The molecule has 2 unspecified atom stereocenters. The lowest BCUT2D eigenvalue weighted by Gasteiger charge is -2.26. The molecule has 1 fully saturated rings. The highest BCUT2D eigenvalue weighted by Gasteiger charge is 2.31. The number of nitrogens with two attached hydrogens (primary N) is 1. The van der Waals surface area contributed by atoms with Crippen LogP contribution in [-0.2, 0) is 4.79 Å². The highest BCUT2D eigenvalue weighted by Crippen LogP contribution is 2.21. The fraction of sp³-hybridized carbons (Fsp3) is 0.929. The van der Waals surface area contributed by atoms with Crippen LogP contribution < -0.4 is 5.73 Å². The molecular formula is C14H29N3O. The van der Waals surface area contributed by atoms with E-state index in [1.807, 2.05) is 4.90 Å². The Morgan fingerprint density at radius 3 is 2.61 bits per heavy atom. The van der Waals surface area contributed by atoms with Gasteiger partial charge in [-0.3, -0.25) is 4.79 Å². The number of hydrogen-bond donors (Lipinski definition) is 1. The van der Waals surface area contributed by atoms with Crippen LogP contribution >= 0.6 is 0 Å². The fourth-order valence-electron chi connectivity index (χ4n) is 2.70. The van der Waals surface area contributed by atoms with Crippen molar-refractivity contribution in [2.24, 2.45) is 11.7 Å². The summed E-state index contributed by atoms with van der Waals surface area (Å²) in [6, 6.07) is 0.365. The Hall–Kier alpha value is -0.610. The summed E-state index contributed by atoms with van der Waals surface area (Å²) in [6.07, 6.45) is 2.91. The van der Waals surface area contributed by atoms with Gasteiger partial charge in [-0.05, 0) is 51.9 Å². The standard InChI is InChI=1S/C14H29N3O/c1-4-16(5-2)8-6-7-12(3)17-11-13(10-15)9-14(17)18/h12-13H,4-11,15H2,1-3H3. The van der Waals surface area contributed by atoms with E-state index in [9.17, 15) is 4.79 Å². The molecule has 0 spiro atoms. The highest BCUT2D eigenvalue weighted by atomic mass is 16.2. The predicted molar refractivity (Wildman–Crippen MR) is 75.4 cm³/mol. The molecule has 0 aromatic carbocycles. The van der Waals surface area contributed by atoms with Gasteiger partial charge < -0.3 is 15.5 Å². The minimum Gasteiger partial charge on any atom is -0.340 e. The molecule has 1 saturated heterocycles. The number of carbonyl (C=O) groups is 1. The second-order valence-corrected chi connectivity index (χ2v) is 5.37. The number of carbonyl (C=O) groups excluding carboxylic acids is 1. The molecular weight excluding hydrogens is 226 g/mol. The van der Waals surface area contributed by atoms with Crippen LogP contribution in [0.15, 0.2) is 0 Å². The van der Waals surface area contributed by atoms with Gasteiger partial charge in [0.25, 0.3) is 0 Å². The average molecular weight is 255 g/mol. The van der Waals surface area contributed by atoms with Gasteiger partial charge in [0, 0.05) is 19.0 Å². The molecule has 0 saturated carbocycles. The Bertz CT molecular complexity index is 253. The van der Waals surface area contributed by atoms with Gasteiger partial charge in [-0.2, -0.15) is 0 Å². The predicted octanol–water partition coefficient (Wildman–Crippen LogP) is 1.30. The van der Waals surface area contributed by atoms with Gasteiger partial charge >= 0.3 is 0 Å². The first-order valence-corrected chi connectivity index (χ1v) is 7.34. The number of rotatable bonds is 8. The number of likely N-dealkylation sites (tertiary alicyclic amines) is 1. The van der Waals surface area contributed by atoms with E-state index in [4.69, 9.17) is 5.73 Å². The Labute approximate surface area is 111 Å². The fourth-order valence-corrected chi connectivity index (χ4v) is 2.70. The highest BCUT2D eigenvalue weighted by molar-refractivity contribution is 5.79. The Morgan fingerprint density at radius 1 is 1.44 bits per heavy atom. The maximum atomic E-state index is 11.9. The molecule has 0 bridgehead atoms. The molecule has 1 amide bonds. The van der Waals surface area contributed by atoms with E-state index in [1.165, 1.54) is 6.42 Å². The molecule has 0 aromatic rings. The lowest BCUT2D eigenvalue weighted by atomic mass is 10.1. The molecule has 1 aliphatic heterocycles. The molecule has 106 valence electrons. The van der Waals surface area contributed by atoms with Crippen LogP contribution in [0.1, 0.15) is 40.0 Å². The molecule has 4 nitrogen and oxygen atoms in total. The van der Waals surface area contributed by atoms with E-state index < -0.39 is 0 Å². The van der Waals surface area contributed by atoms with Crippen molar-refractivity contribution in [1.29, 1.82) is 0 Å². The van der Waals surface area contributed by atoms with Crippen LogP contribution in [-0.4, -0.2) is 54.5 Å². The molecule has 2 atom stereocenters. The van der Waals surface area contributed by atoms with Crippen molar-refractivity contribution in [3.8, 4) is 0 Å². The molecule has 4 heteroatoms. The summed E-state index contributed by atoms with van der Waals surface area (Å²) in [4.78, 5) is 16.3. The summed E-state index contributed by atoms with van der Waals surface area (Å²) >= 11 is 0. The summed E-state index contributed by atoms with van der Waals surface area (Å²) in [7, 11) is 0. The maximum Gasteiger partial charge on any atom is 0.223 e. The summed E-state index contributed by atoms with van der Waals surface area (Å²) in [6.45, 7) is 11.4. The molecule has 18 heavy (non-hydrogen) atoms. The molecule has 1 rings (SSSR count). The van der Waals surface area contributed by atoms with Gasteiger partial charge in [-0.25, -0.2) is 0 Å². The van der Waals surface area contributed by atoms with Crippen LogP contribution in [0.25, 0.3) is 0 Å². The number of nitrogens with zero attached hydrogens (tertiary/aromatic N) is 2. The second-order valence-electron chi connectivity index (χ2n) is 5.37. The van der Waals surface area contributed by atoms with E-state index in [2.05, 4.69) is 25.7 Å². The first-order chi connectivity index (χ1) is 8.62. The molecule has 0 aliphatic carbocycles. The van der Waals surface area contributed by atoms with E-state index in [0.717, 1.165) is 32.6 Å². The Morgan fingerprint density at radius 2 is 2.11 bits per heavy atom. The minimum atomic E-state index is 0.292. The van der Waals surface area contributed by atoms with Crippen molar-refractivity contribution in [2.75, 3.05) is 32.7 Å². The van der Waals surface area contributed by atoms with Crippen LogP contribution in [0.2, 0.25) is 0 Å². The van der Waals surface area contributed by atoms with Crippen molar-refractivity contribution >= 4 is 5.91 Å². The third kappa shape index (κ3) is 4.25. The molecule has 0 aromatic heterocycles. The molecule has 1 heterocycles. The summed E-state index contributed by atoms with van der Waals surface area (Å²) in [5.74, 6) is 0.670. The summed E-state index contributed by atoms with van der Waals surface area (Å²) in [5, 5.41) is 0. The molecule has 1 aliphatic rings. The van der Waals surface area contributed by atoms with Crippen LogP contribution in [0.4, 0.5) is 0 Å². The smallest absolute Gasteiger partial charge is 0.223 e. The zero-order valence-corrected chi connectivity index (χ0v) is 12.2. The summed E-state index contributed by atoms with van der Waals surface area (Å²) < 4.78 is 0.